The van der Waals surface area contributed by atoms with Gasteiger partial charge in [-0.25, -0.2) is 4.98 Å². The van der Waals surface area contributed by atoms with E-state index in [0.29, 0.717) is 5.75 Å². The zero-order chi connectivity index (χ0) is 10.7. The highest BCUT2D eigenvalue weighted by Crippen LogP contribution is 2.31. The Morgan fingerprint density at radius 2 is 2.40 bits per heavy atom. The summed E-state index contributed by atoms with van der Waals surface area (Å²) in [4.78, 5) is 4.38. The molecule has 1 aromatic carbocycles. The second kappa shape index (κ2) is 4.81. The van der Waals surface area contributed by atoms with E-state index in [1.54, 1.807) is 18.4 Å². The molecule has 0 amide bonds. The molecule has 15 heavy (non-hydrogen) atoms. The molecule has 1 heterocycles. The lowest BCUT2D eigenvalue weighted by Crippen LogP contribution is -1.80. The molecule has 1 aromatic heterocycles. The van der Waals surface area contributed by atoms with Gasteiger partial charge in [-0.3, -0.25) is 4.39 Å². The molecule has 0 saturated heterocycles. The van der Waals surface area contributed by atoms with Crippen LogP contribution in [-0.2, 0) is 0 Å². The number of nitrogens with zero attached hydrogens (tertiary/aromatic N) is 1. The summed E-state index contributed by atoms with van der Waals surface area (Å²) in [5.74, 6) is 1.30. The molecule has 0 aliphatic rings. The maximum absolute atomic E-state index is 12.0. The van der Waals surface area contributed by atoms with Crippen molar-refractivity contribution in [2.24, 2.45) is 0 Å². The minimum atomic E-state index is -0.316. The lowest BCUT2D eigenvalue weighted by Gasteiger charge is -1.96. The number of thiazole rings is 1. The SMILES string of the molecule is COc1ccc2nc(SCCF)sc2c1. The van der Waals surface area contributed by atoms with Crippen LogP contribution in [0.15, 0.2) is 22.5 Å². The van der Waals surface area contributed by atoms with Crippen LogP contribution in [-0.4, -0.2) is 24.5 Å². The Hall–Kier alpha value is -0.810. The Kier molecular flexibility index (Phi) is 3.43. The van der Waals surface area contributed by atoms with Gasteiger partial charge in [0.05, 0.1) is 24.0 Å². The quantitative estimate of drug-likeness (QED) is 0.769. The lowest BCUT2D eigenvalue weighted by atomic mass is 10.3. The molecule has 0 unspecified atom stereocenters. The molecular formula is C10H10FNOS2. The first-order valence-corrected chi connectivity index (χ1v) is 6.27. The van der Waals surface area contributed by atoms with E-state index in [4.69, 9.17) is 4.74 Å². The average Bonchev–Trinajstić information content (AvgIpc) is 2.67. The molecule has 80 valence electrons. The molecular weight excluding hydrogens is 233 g/mol. The number of alkyl halides is 1. The van der Waals surface area contributed by atoms with E-state index in [9.17, 15) is 4.39 Å². The van der Waals surface area contributed by atoms with Crippen molar-refractivity contribution in [3.63, 3.8) is 0 Å². The first-order chi connectivity index (χ1) is 7.33. The van der Waals surface area contributed by atoms with Crippen LogP contribution >= 0.6 is 23.1 Å². The van der Waals surface area contributed by atoms with E-state index in [-0.39, 0.29) is 6.67 Å². The van der Waals surface area contributed by atoms with E-state index in [2.05, 4.69) is 4.98 Å². The second-order valence-corrected chi connectivity index (χ2v) is 5.22. The maximum Gasteiger partial charge on any atom is 0.151 e. The number of methoxy groups -OCH3 is 1. The topological polar surface area (TPSA) is 22.1 Å². The summed E-state index contributed by atoms with van der Waals surface area (Å²) in [7, 11) is 1.64. The molecule has 0 aliphatic heterocycles. The van der Waals surface area contributed by atoms with E-state index in [1.807, 2.05) is 18.2 Å². The number of aromatic nitrogens is 1. The van der Waals surface area contributed by atoms with E-state index in [1.165, 1.54) is 11.8 Å². The molecule has 0 bridgehead atoms. The van der Waals surface area contributed by atoms with Crippen LogP contribution < -0.4 is 4.74 Å². The molecule has 0 atom stereocenters. The summed E-state index contributed by atoms with van der Waals surface area (Å²) in [6, 6.07) is 5.75. The molecule has 0 aliphatic carbocycles. The number of thioether (sulfide) groups is 1. The van der Waals surface area contributed by atoms with Crippen molar-refractivity contribution in [2.45, 2.75) is 4.34 Å². The predicted octanol–water partition coefficient (Wildman–Crippen LogP) is 3.37. The van der Waals surface area contributed by atoms with Crippen molar-refractivity contribution in [1.82, 2.24) is 4.98 Å². The standard InChI is InChI=1S/C10H10FNOS2/c1-13-7-2-3-8-9(6-7)15-10(12-8)14-5-4-11/h2-3,6H,4-5H2,1H3. The fourth-order valence-electron chi connectivity index (χ4n) is 1.20. The van der Waals surface area contributed by atoms with Crippen molar-refractivity contribution in [1.29, 1.82) is 0 Å². The van der Waals surface area contributed by atoms with Gasteiger partial charge in [0.2, 0.25) is 0 Å². The predicted molar refractivity (Wildman–Crippen MR) is 62.9 cm³/mol. The maximum atomic E-state index is 12.0. The van der Waals surface area contributed by atoms with Gasteiger partial charge in [-0.1, -0.05) is 11.8 Å². The molecule has 2 nitrogen and oxygen atoms in total. The highest BCUT2D eigenvalue weighted by molar-refractivity contribution is 8.01. The van der Waals surface area contributed by atoms with Gasteiger partial charge in [0, 0.05) is 5.75 Å². The third-order valence-electron chi connectivity index (χ3n) is 1.88. The van der Waals surface area contributed by atoms with Gasteiger partial charge in [0.15, 0.2) is 4.34 Å². The van der Waals surface area contributed by atoms with Gasteiger partial charge in [0.25, 0.3) is 0 Å². The molecule has 5 heteroatoms. The van der Waals surface area contributed by atoms with Gasteiger partial charge < -0.3 is 4.74 Å². The second-order valence-electron chi connectivity index (χ2n) is 2.85. The van der Waals surface area contributed by atoms with E-state index < -0.39 is 0 Å². The fraction of sp³-hybridized carbons (Fsp3) is 0.300. The van der Waals surface area contributed by atoms with E-state index in [0.717, 1.165) is 20.3 Å². The van der Waals surface area contributed by atoms with Crippen LogP contribution in [0.2, 0.25) is 0 Å². The largest absolute Gasteiger partial charge is 0.497 e. The Labute approximate surface area is 95.5 Å². The Morgan fingerprint density at radius 3 is 3.13 bits per heavy atom. The van der Waals surface area contributed by atoms with Gasteiger partial charge >= 0.3 is 0 Å². The molecule has 0 saturated carbocycles. The summed E-state index contributed by atoms with van der Waals surface area (Å²) >= 11 is 3.02. The lowest BCUT2D eigenvalue weighted by molar-refractivity contribution is 0.415. The summed E-state index contributed by atoms with van der Waals surface area (Å²) in [5.41, 5.74) is 0.946. The van der Waals surface area contributed by atoms with Crippen molar-refractivity contribution >= 4 is 33.3 Å². The van der Waals surface area contributed by atoms with Crippen molar-refractivity contribution in [3.05, 3.63) is 18.2 Å². The third-order valence-corrected chi connectivity index (χ3v) is 3.99. The van der Waals surface area contributed by atoms with Crippen LogP contribution in [0, 0.1) is 0 Å². The Balaban J connectivity index is 2.29. The third kappa shape index (κ3) is 2.41. The van der Waals surface area contributed by atoms with Crippen LogP contribution in [0.5, 0.6) is 5.75 Å². The molecule has 0 spiro atoms. The highest BCUT2D eigenvalue weighted by atomic mass is 32.2. The average molecular weight is 243 g/mol. The Morgan fingerprint density at radius 1 is 1.53 bits per heavy atom. The van der Waals surface area contributed by atoms with E-state index >= 15 is 0 Å². The molecule has 2 rings (SSSR count). The van der Waals surface area contributed by atoms with Crippen LogP contribution in [0.1, 0.15) is 0 Å². The number of hydrogen-bond donors (Lipinski definition) is 0. The minimum absolute atomic E-state index is 0.316. The summed E-state index contributed by atoms with van der Waals surface area (Å²) in [6.07, 6.45) is 0. The summed E-state index contributed by atoms with van der Waals surface area (Å²) in [5, 5.41) is 0. The first kappa shape index (κ1) is 10.7. The van der Waals surface area contributed by atoms with Crippen LogP contribution in [0.4, 0.5) is 4.39 Å². The number of rotatable bonds is 4. The Bertz CT molecular complexity index is 458. The summed E-state index contributed by atoms with van der Waals surface area (Å²) in [6.45, 7) is -0.316. The number of fused-ring (bicyclic) bond motifs is 1. The number of hydrogen-bond acceptors (Lipinski definition) is 4. The van der Waals surface area contributed by atoms with Crippen LogP contribution in [0.25, 0.3) is 10.2 Å². The summed E-state index contributed by atoms with van der Waals surface area (Å²) < 4.78 is 19.1. The number of halogens is 1. The first-order valence-electron chi connectivity index (χ1n) is 4.47. The number of ether oxygens (including phenoxy) is 1. The number of benzene rings is 1. The zero-order valence-electron chi connectivity index (χ0n) is 8.20. The normalized spacial score (nSPS) is 10.8. The van der Waals surface area contributed by atoms with Crippen molar-refractivity contribution in [3.8, 4) is 5.75 Å². The van der Waals surface area contributed by atoms with Crippen LogP contribution in [0.3, 0.4) is 0 Å². The van der Waals surface area contributed by atoms with Gasteiger partial charge in [0.1, 0.15) is 5.75 Å². The van der Waals surface area contributed by atoms with Gasteiger partial charge in [-0.2, -0.15) is 0 Å². The minimum Gasteiger partial charge on any atom is -0.497 e. The monoisotopic (exact) mass is 243 g/mol. The molecule has 0 N–H and O–H groups in total. The zero-order valence-corrected chi connectivity index (χ0v) is 9.83. The molecule has 0 radical (unpaired) electrons. The van der Waals surface area contributed by atoms with Crippen molar-refractivity contribution < 1.29 is 9.13 Å². The highest BCUT2D eigenvalue weighted by Gasteiger charge is 2.05. The molecule has 2 aromatic rings. The molecule has 0 fully saturated rings. The fourth-order valence-corrected chi connectivity index (χ4v) is 3.09. The van der Waals surface area contributed by atoms with Gasteiger partial charge in [-0.15, -0.1) is 11.3 Å². The van der Waals surface area contributed by atoms with Gasteiger partial charge in [-0.05, 0) is 18.2 Å². The van der Waals surface area contributed by atoms with Crippen molar-refractivity contribution in [2.75, 3.05) is 19.5 Å². The smallest absolute Gasteiger partial charge is 0.151 e.